The van der Waals surface area contributed by atoms with Crippen molar-refractivity contribution in [1.29, 1.82) is 0 Å². The summed E-state index contributed by atoms with van der Waals surface area (Å²) >= 11 is 0. The first-order valence-corrected chi connectivity index (χ1v) is 7.27. The third-order valence-electron chi connectivity index (χ3n) is 3.75. The summed E-state index contributed by atoms with van der Waals surface area (Å²) in [6, 6.07) is 2.36. The van der Waals surface area contributed by atoms with E-state index in [1.54, 1.807) is 0 Å². The van der Waals surface area contributed by atoms with Crippen molar-refractivity contribution in [2.24, 2.45) is 0 Å². The van der Waals surface area contributed by atoms with Gasteiger partial charge in [0.2, 0.25) is 0 Å². The quantitative estimate of drug-likeness (QED) is 0.853. The zero-order valence-electron chi connectivity index (χ0n) is 11.6. The van der Waals surface area contributed by atoms with E-state index in [1.165, 1.54) is 12.8 Å². The van der Waals surface area contributed by atoms with Crippen LogP contribution in [0, 0.1) is 0 Å². The minimum Gasteiger partial charge on any atom is -0.376 e. The highest BCUT2D eigenvalue weighted by molar-refractivity contribution is 5.49. The number of rotatable bonds is 5. The maximum absolute atomic E-state index is 5.58. The van der Waals surface area contributed by atoms with E-state index < -0.39 is 0 Å². The van der Waals surface area contributed by atoms with Gasteiger partial charge in [-0.3, -0.25) is 0 Å². The van der Waals surface area contributed by atoms with Gasteiger partial charge in [-0.25, -0.2) is 9.97 Å². The van der Waals surface area contributed by atoms with Gasteiger partial charge in [-0.2, -0.15) is 0 Å². The van der Waals surface area contributed by atoms with Crippen molar-refractivity contribution in [3.05, 3.63) is 11.9 Å². The molecule has 5 nitrogen and oxygen atoms in total. The minimum atomic E-state index is 0.252. The summed E-state index contributed by atoms with van der Waals surface area (Å²) < 4.78 is 5.58. The highest BCUT2D eigenvalue weighted by atomic mass is 16.5. The molecule has 0 aromatic carbocycles. The van der Waals surface area contributed by atoms with Gasteiger partial charge in [0, 0.05) is 25.1 Å². The lowest BCUT2D eigenvalue weighted by molar-refractivity contribution is 0.121. The molecule has 2 fully saturated rings. The summed E-state index contributed by atoms with van der Waals surface area (Å²) in [5.74, 6) is 3.40. The van der Waals surface area contributed by atoms with Crippen molar-refractivity contribution in [2.75, 3.05) is 23.8 Å². The van der Waals surface area contributed by atoms with Crippen LogP contribution in [0.4, 0.5) is 11.6 Å². The van der Waals surface area contributed by atoms with Crippen molar-refractivity contribution in [2.45, 2.75) is 51.2 Å². The zero-order chi connectivity index (χ0) is 13.2. The Morgan fingerprint density at radius 3 is 2.68 bits per heavy atom. The summed E-state index contributed by atoms with van der Waals surface area (Å²) in [5.41, 5.74) is 0. The van der Waals surface area contributed by atoms with Gasteiger partial charge >= 0.3 is 0 Å². The molecule has 0 amide bonds. The Bertz CT molecular complexity index is 447. The maximum Gasteiger partial charge on any atom is 0.136 e. The predicted molar refractivity (Wildman–Crippen MR) is 75.6 cm³/mol. The number of nitrogens with zero attached hydrogens (tertiary/aromatic N) is 2. The van der Waals surface area contributed by atoms with E-state index in [9.17, 15) is 0 Å². The number of anilines is 2. The number of nitrogens with one attached hydrogen (secondary N) is 2. The Labute approximate surface area is 114 Å². The summed E-state index contributed by atoms with van der Waals surface area (Å²) in [4.78, 5) is 9.24. The summed E-state index contributed by atoms with van der Waals surface area (Å²) in [7, 11) is 0. The first kappa shape index (κ1) is 12.7. The van der Waals surface area contributed by atoms with E-state index >= 15 is 0 Å². The van der Waals surface area contributed by atoms with Crippen LogP contribution in [0.2, 0.25) is 0 Å². The molecular weight excluding hydrogens is 240 g/mol. The molecule has 19 heavy (non-hydrogen) atoms. The molecule has 3 rings (SSSR count). The molecule has 104 valence electrons. The molecule has 1 saturated heterocycles. The molecule has 5 heteroatoms. The normalized spacial score (nSPS) is 26.4. The summed E-state index contributed by atoms with van der Waals surface area (Å²) in [5, 5.41) is 6.78. The minimum absolute atomic E-state index is 0.252. The molecule has 0 bridgehead atoms. The van der Waals surface area contributed by atoms with Crippen LogP contribution < -0.4 is 10.6 Å². The van der Waals surface area contributed by atoms with Crippen LogP contribution in [-0.4, -0.2) is 35.3 Å². The van der Waals surface area contributed by atoms with Crippen molar-refractivity contribution in [1.82, 2.24) is 9.97 Å². The standard InChI is InChI=1S/C14H22N4O/c1-3-15-12-8-13(16-11-6-7-19-9(11)2)18-14(17-12)10-4-5-10/h8-11H,3-7H2,1-2H3,(H2,15,16,17,18). The smallest absolute Gasteiger partial charge is 0.136 e. The second-order valence-corrected chi connectivity index (χ2v) is 5.42. The Morgan fingerprint density at radius 1 is 1.26 bits per heavy atom. The van der Waals surface area contributed by atoms with E-state index in [4.69, 9.17) is 4.74 Å². The van der Waals surface area contributed by atoms with Gasteiger partial charge in [0.05, 0.1) is 12.1 Å². The van der Waals surface area contributed by atoms with Crippen LogP contribution in [0.5, 0.6) is 0 Å². The second-order valence-electron chi connectivity index (χ2n) is 5.42. The molecule has 1 aromatic heterocycles. The van der Waals surface area contributed by atoms with Gasteiger partial charge in [-0.05, 0) is 33.1 Å². The first-order chi connectivity index (χ1) is 9.26. The Morgan fingerprint density at radius 2 is 2.05 bits per heavy atom. The molecule has 2 unspecified atom stereocenters. The average molecular weight is 262 g/mol. The van der Waals surface area contributed by atoms with E-state index in [0.29, 0.717) is 12.0 Å². The molecule has 2 atom stereocenters. The maximum atomic E-state index is 5.58. The van der Waals surface area contributed by atoms with Gasteiger partial charge in [0.15, 0.2) is 0 Å². The molecular formula is C14H22N4O. The molecule has 2 aliphatic rings. The third-order valence-corrected chi connectivity index (χ3v) is 3.75. The average Bonchev–Trinajstić information content (AvgIpc) is 3.16. The molecule has 1 aliphatic carbocycles. The fraction of sp³-hybridized carbons (Fsp3) is 0.714. The number of aromatic nitrogens is 2. The van der Waals surface area contributed by atoms with Crippen molar-refractivity contribution in [3.8, 4) is 0 Å². The van der Waals surface area contributed by atoms with Gasteiger partial charge in [-0.1, -0.05) is 0 Å². The van der Waals surface area contributed by atoms with Gasteiger partial charge in [-0.15, -0.1) is 0 Å². The van der Waals surface area contributed by atoms with Crippen molar-refractivity contribution < 1.29 is 4.74 Å². The molecule has 0 radical (unpaired) electrons. The van der Waals surface area contributed by atoms with Crippen LogP contribution in [0.3, 0.4) is 0 Å². The largest absolute Gasteiger partial charge is 0.376 e. The topological polar surface area (TPSA) is 59.1 Å². The Balaban J connectivity index is 1.78. The van der Waals surface area contributed by atoms with Crippen LogP contribution in [0.25, 0.3) is 0 Å². The Kier molecular flexibility index (Phi) is 3.55. The SMILES string of the molecule is CCNc1cc(NC2CCOC2C)nc(C2CC2)n1. The van der Waals surface area contributed by atoms with E-state index in [1.807, 2.05) is 6.07 Å². The number of ether oxygens (including phenoxy) is 1. The van der Waals surface area contributed by atoms with Crippen molar-refractivity contribution >= 4 is 11.6 Å². The predicted octanol–water partition coefficient (Wildman–Crippen LogP) is 2.38. The highest BCUT2D eigenvalue weighted by Crippen LogP contribution is 2.39. The lowest BCUT2D eigenvalue weighted by Crippen LogP contribution is -2.27. The van der Waals surface area contributed by atoms with Gasteiger partial charge in [0.25, 0.3) is 0 Å². The Hall–Kier alpha value is -1.36. The summed E-state index contributed by atoms with van der Waals surface area (Å²) in [6.07, 6.45) is 3.73. The molecule has 1 aliphatic heterocycles. The lowest BCUT2D eigenvalue weighted by atomic mass is 10.1. The van der Waals surface area contributed by atoms with Crippen molar-refractivity contribution in [3.63, 3.8) is 0 Å². The molecule has 2 N–H and O–H groups in total. The van der Waals surface area contributed by atoms with Crippen LogP contribution in [-0.2, 0) is 4.74 Å². The van der Waals surface area contributed by atoms with E-state index in [-0.39, 0.29) is 6.10 Å². The fourth-order valence-corrected chi connectivity index (χ4v) is 2.45. The highest BCUT2D eigenvalue weighted by Gasteiger charge is 2.29. The number of hydrogen-bond donors (Lipinski definition) is 2. The van der Waals surface area contributed by atoms with Gasteiger partial charge in [0.1, 0.15) is 17.5 Å². The van der Waals surface area contributed by atoms with Crippen LogP contribution >= 0.6 is 0 Å². The van der Waals surface area contributed by atoms with E-state index in [0.717, 1.165) is 37.0 Å². The fourth-order valence-electron chi connectivity index (χ4n) is 2.45. The van der Waals surface area contributed by atoms with Crippen LogP contribution in [0.1, 0.15) is 44.9 Å². The molecule has 2 heterocycles. The molecule has 0 spiro atoms. The summed E-state index contributed by atoms with van der Waals surface area (Å²) in [6.45, 7) is 5.90. The third kappa shape index (κ3) is 2.97. The van der Waals surface area contributed by atoms with E-state index in [2.05, 4.69) is 34.4 Å². The van der Waals surface area contributed by atoms with Crippen LogP contribution in [0.15, 0.2) is 6.07 Å². The van der Waals surface area contributed by atoms with Gasteiger partial charge < -0.3 is 15.4 Å². The number of hydrogen-bond acceptors (Lipinski definition) is 5. The zero-order valence-corrected chi connectivity index (χ0v) is 11.6. The molecule has 1 aromatic rings. The monoisotopic (exact) mass is 262 g/mol. The lowest BCUT2D eigenvalue weighted by Gasteiger charge is -2.17. The second kappa shape index (κ2) is 5.33. The first-order valence-electron chi connectivity index (χ1n) is 7.27. The molecule has 1 saturated carbocycles.